The maximum atomic E-state index is 12.4. The lowest BCUT2D eigenvalue weighted by Gasteiger charge is -2.30. The molecule has 1 saturated heterocycles. The van der Waals surface area contributed by atoms with Gasteiger partial charge in [-0.25, -0.2) is 0 Å². The van der Waals surface area contributed by atoms with E-state index >= 15 is 0 Å². The number of carbonyl (C=O) groups is 3. The summed E-state index contributed by atoms with van der Waals surface area (Å²) >= 11 is 1.42. The first-order chi connectivity index (χ1) is 14.0. The fraction of sp³-hybridized carbons (Fsp3) is 0.435. The molecule has 1 aromatic heterocycles. The molecule has 1 fully saturated rings. The van der Waals surface area contributed by atoms with Crippen LogP contribution in [-0.2, 0) is 9.53 Å². The first kappa shape index (κ1) is 21.2. The van der Waals surface area contributed by atoms with Crippen LogP contribution in [0.3, 0.4) is 0 Å². The van der Waals surface area contributed by atoms with Crippen LogP contribution in [0, 0.1) is 5.92 Å². The lowest BCUT2D eigenvalue weighted by atomic mass is 9.96. The van der Waals surface area contributed by atoms with Gasteiger partial charge in [-0.15, -0.1) is 11.3 Å². The molecule has 0 N–H and O–H groups in total. The molecule has 154 valence electrons. The lowest BCUT2D eigenvalue weighted by Crippen LogP contribution is -2.40. The molecule has 6 heteroatoms. The molecule has 2 heterocycles. The molecule has 1 amide bonds. The molecule has 0 spiro atoms. The topological polar surface area (TPSA) is 63.7 Å². The number of Topliss-reactive ketones (excluding diaryl/α,β-unsaturated/α-hetero) is 1. The SMILES string of the molecule is CC[C@@H](C)c1ccc(C(=O)COC(=O)C2CCN(C(=O)c3cccs3)CC2)cc1. The summed E-state index contributed by atoms with van der Waals surface area (Å²) < 4.78 is 5.27. The second kappa shape index (κ2) is 9.83. The lowest BCUT2D eigenvalue weighted by molar-refractivity contribution is -0.148. The second-order valence-electron chi connectivity index (χ2n) is 7.51. The Morgan fingerprint density at radius 2 is 1.83 bits per heavy atom. The number of piperidine rings is 1. The highest BCUT2D eigenvalue weighted by Gasteiger charge is 2.29. The largest absolute Gasteiger partial charge is 0.457 e. The molecule has 0 aliphatic carbocycles. The van der Waals surface area contributed by atoms with E-state index < -0.39 is 0 Å². The van der Waals surface area contributed by atoms with Gasteiger partial charge >= 0.3 is 5.97 Å². The van der Waals surface area contributed by atoms with Crippen LogP contribution in [-0.4, -0.2) is 42.3 Å². The molecule has 2 aromatic rings. The van der Waals surface area contributed by atoms with E-state index in [1.165, 1.54) is 16.9 Å². The summed E-state index contributed by atoms with van der Waals surface area (Å²) in [4.78, 5) is 39.5. The van der Waals surface area contributed by atoms with E-state index in [0.29, 0.717) is 37.4 Å². The van der Waals surface area contributed by atoms with Gasteiger partial charge in [-0.2, -0.15) is 0 Å². The Morgan fingerprint density at radius 3 is 2.41 bits per heavy atom. The predicted octanol–water partition coefficient (Wildman–Crippen LogP) is 4.54. The van der Waals surface area contributed by atoms with Gasteiger partial charge in [0.2, 0.25) is 0 Å². The van der Waals surface area contributed by atoms with Crippen molar-refractivity contribution in [2.75, 3.05) is 19.7 Å². The number of carbonyl (C=O) groups excluding carboxylic acids is 3. The summed E-state index contributed by atoms with van der Waals surface area (Å²) in [7, 11) is 0. The van der Waals surface area contributed by atoms with Gasteiger partial charge in [0.1, 0.15) is 0 Å². The van der Waals surface area contributed by atoms with Gasteiger partial charge in [0.15, 0.2) is 12.4 Å². The number of amides is 1. The number of rotatable bonds is 7. The third-order valence-corrected chi connectivity index (χ3v) is 6.46. The number of hydrogen-bond acceptors (Lipinski definition) is 5. The highest BCUT2D eigenvalue weighted by molar-refractivity contribution is 7.12. The fourth-order valence-electron chi connectivity index (χ4n) is 3.45. The van der Waals surface area contributed by atoms with Crippen molar-refractivity contribution in [1.82, 2.24) is 4.90 Å². The standard InChI is InChI=1S/C23H27NO4S/c1-3-16(2)17-6-8-18(9-7-17)20(25)15-28-23(27)19-10-12-24(13-11-19)22(26)21-5-4-14-29-21/h4-9,14,16,19H,3,10-13,15H2,1-2H3/t16-/m1/s1. The number of benzene rings is 1. The Labute approximate surface area is 175 Å². The number of ether oxygens (including phenoxy) is 1. The number of hydrogen-bond donors (Lipinski definition) is 0. The van der Waals surface area contributed by atoms with Gasteiger partial charge < -0.3 is 9.64 Å². The molecule has 5 nitrogen and oxygen atoms in total. The van der Waals surface area contributed by atoms with E-state index in [2.05, 4.69) is 13.8 Å². The molecular formula is C23H27NO4S. The average molecular weight is 414 g/mol. The fourth-order valence-corrected chi connectivity index (χ4v) is 4.14. The van der Waals surface area contributed by atoms with E-state index in [9.17, 15) is 14.4 Å². The van der Waals surface area contributed by atoms with E-state index in [1.807, 2.05) is 29.6 Å². The first-order valence-corrected chi connectivity index (χ1v) is 11.0. The van der Waals surface area contributed by atoms with Gasteiger partial charge in [0.05, 0.1) is 10.8 Å². The molecule has 1 aliphatic heterocycles. The van der Waals surface area contributed by atoms with Gasteiger partial charge in [-0.1, -0.05) is 44.2 Å². The molecule has 1 aliphatic rings. The van der Waals surface area contributed by atoms with Crippen molar-refractivity contribution < 1.29 is 19.1 Å². The van der Waals surface area contributed by atoms with Crippen LogP contribution in [0.15, 0.2) is 41.8 Å². The zero-order valence-corrected chi connectivity index (χ0v) is 17.7. The number of thiophene rings is 1. The van der Waals surface area contributed by atoms with Crippen molar-refractivity contribution in [1.29, 1.82) is 0 Å². The first-order valence-electron chi connectivity index (χ1n) is 10.1. The van der Waals surface area contributed by atoms with E-state index in [1.54, 1.807) is 17.0 Å². The Morgan fingerprint density at radius 1 is 1.14 bits per heavy atom. The highest BCUT2D eigenvalue weighted by atomic mass is 32.1. The monoisotopic (exact) mass is 413 g/mol. The number of esters is 1. The van der Waals surface area contributed by atoms with Crippen molar-refractivity contribution in [3.05, 3.63) is 57.8 Å². The van der Waals surface area contributed by atoms with E-state index in [-0.39, 0.29) is 30.2 Å². The summed E-state index contributed by atoms with van der Waals surface area (Å²) in [6, 6.07) is 11.2. The van der Waals surface area contributed by atoms with Gasteiger partial charge in [-0.3, -0.25) is 14.4 Å². The van der Waals surface area contributed by atoms with Crippen LogP contribution in [0.25, 0.3) is 0 Å². The van der Waals surface area contributed by atoms with Crippen LogP contribution in [0.1, 0.15) is 64.6 Å². The zero-order chi connectivity index (χ0) is 20.8. The summed E-state index contributed by atoms with van der Waals surface area (Å²) in [6.45, 7) is 5.10. The highest BCUT2D eigenvalue weighted by Crippen LogP contribution is 2.22. The molecule has 0 saturated carbocycles. The van der Waals surface area contributed by atoms with Crippen LogP contribution >= 0.6 is 11.3 Å². The van der Waals surface area contributed by atoms with Crippen LogP contribution in [0.2, 0.25) is 0 Å². The Hall–Kier alpha value is -2.47. The molecule has 0 unspecified atom stereocenters. The molecule has 1 atom stereocenters. The molecule has 0 bridgehead atoms. The van der Waals surface area contributed by atoms with Crippen LogP contribution in [0.5, 0.6) is 0 Å². The maximum absolute atomic E-state index is 12.4. The summed E-state index contributed by atoms with van der Waals surface area (Å²) in [5.41, 5.74) is 1.76. The minimum Gasteiger partial charge on any atom is -0.457 e. The molecule has 0 radical (unpaired) electrons. The van der Waals surface area contributed by atoms with Crippen molar-refractivity contribution in [2.45, 2.75) is 39.0 Å². The predicted molar refractivity (Wildman–Crippen MR) is 113 cm³/mol. The van der Waals surface area contributed by atoms with E-state index in [0.717, 1.165) is 11.3 Å². The Bertz CT molecular complexity index is 836. The van der Waals surface area contributed by atoms with Crippen molar-refractivity contribution in [3.63, 3.8) is 0 Å². The number of nitrogens with zero attached hydrogens (tertiary/aromatic N) is 1. The van der Waals surface area contributed by atoms with Crippen LogP contribution < -0.4 is 0 Å². The number of ketones is 1. The Kier molecular flexibility index (Phi) is 7.20. The van der Waals surface area contributed by atoms with Crippen LogP contribution in [0.4, 0.5) is 0 Å². The molecule has 1 aromatic carbocycles. The average Bonchev–Trinajstić information content (AvgIpc) is 3.31. The summed E-state index contributed by atoms with van der Waals surface area (Å²) in [5.74, 6) is -0.336. The summed E-state index contributed by atoms with van der Waals surface area (Å²) in [5, 5.41) is 1.88. The van der Waals surface area contributed by atoms with Crippen molar-refractivity contribution in [3.8, 4) is 0 Å². The quantitative estimate of drug-likeness (QED) is 0.494. The molecule has 3 rings (SSSR count). The molecule has 29 heavy (non-hydrogen) atoms. The smallest absolute Gasteiger partial charge is 0.309 e. The number of likely N-dealkylation sites (tertiary alicyclic amines) is 1. The Balaban J connectivity index is 1.45. The third kappa shape index (κ3) is 5.32. The third-order valence-electron chi connectivity index (χ3n) is 5.61. The summed E-state index contributed by atoms with van der Waals surface area (Å²) in [6.07, 6.45) is 2.17. The minimum atomic E-state index is -0.349. The van der Waals surface area contributed by atoms with E-state index in [4.69, 9.17) is 4.74 Å². The van der Waals surface area contributed by atoms with Gasteiger partial charge in [0.25, 0.3) is 5.91 Å². The van der Waals surface area contributed by atoms with Gasteiger partial charge in [0, 0.05) is 18.7 Å². The zero-order valence-electron chi connectivity index (χ0n) is 16.9. The second-order valence-corrected chi connectivity index (χ2v) is 8.45. The minimum absolute atomic E-state index is 0.0165. The van der Waals surface area contributed by atoms with Gasteiger partial charge in [-0.05, 0) is 42.2 Å². The molecular weight excluding hydrogens is 386 g/mol. The van der Waals surface area contributed by atoms with Crippen molar-refractivity contribution in [2.24, 2.45) is 5.92 Å². The maximum Gasteiger partial charge on any atom is 0.309 e. The normalized spacial score (nSPS) is 15.7. The van der Waals surface area contributed by atoms with Crippen molar-refractivity contribution >= 4 is 29.0 Å².